The Bertz CT molecular complexity index is 461. The summed E-state index contributed by atoms with van der Waals surface area (Å²) in [6.45, 7) is 5.58. The van der Waals surface area contributed by atoms with Gasteiger partial charge in [-0.05, 0) is 38.8 Å². The molecule has 90 valence electrons. The van der Waals surface area contributed by atoms with Gasteiger partial charge in [0.25, 0.3) is 0 Å². The van der Waals surface area contributed by atoms with E-state index >= 15 is 0 Å². The molecule has 0 bridgehead atoms. The molecule has 0 amide bonds. The lowest BCUT2D eigenvalue weighted by atomic mass is 9.98. The zero-order valence-corrected chi connectivity index (χ0v) is 10.3. The Kier molecular flexibility index (Phi) is 2.96. The Morgan fingerprint density at radius 1 is 1.47 bits per heavy atom. The Balaban J connectivity index is 2.11. The number of carbonyl (C=O) groups excluding carboxylic acids is 1. The van der Waals surface area contributed by atoms with E-state index in [1.54, 1.807) is 12.4 Å². The van der Waals surface area contributed by atoms with Crippen molar-refractivity contribution in [2.24, 2.45) is 10.9 Å². The van der Waals surface area contributed by atoms with E-state index in [2.05, 4.69) is 9.98 Å². The fourth-order valence-corrected chi connectivity index (χ4v) is 1.68. The molecule has 1 atom stereocenters. The summed E-state index contributed by atoms with van der Waals surface area (Å²) in [5.41, 5.74) is 0.533. The van der Waals surface area contributed by atoms with Gasteiger partial charge < -0.3 is 4.74 Å². The fourth-order valence-electron chi connectivity index (χ4n) is 1.68. The predicted octanol–water partition coefficient (Wildman–Crippen LogP) is 2.30. The van der Waals surface area contributed by atoms with Crippen LogP contribution in [0.1, 0.15) is 26.3 Å². The molecule has 0 saturated heterocycles. The molecule has 0 aromatic carbocycles. The van der Waals surface area contributed by atoms with Crippen LogP contribution in [0.5, 0.6) is 0 Å². The Morgan fingerprint density at radius 2 is 2.24 bits per heavy atom. The minimum atomic E-state index is -0.458. The molecule has 1 aromatic heterocycles. The molecule has 1 unspecified atom stereocenters. The summed E-state index contributed by atoms with van der Waals surface area (Å²) in [6.07, 6.45) is 3.94. The maximum absolute atomic E-state index is 11.9. The van der Waals surface area contributed by atoms with Gasteiger partial charge in [0.2, 0.25) is 0 Å². The summed E-state index contributed by atoms with van der Waals surface area (Å²) in [4.78, 5) is 20.2. The van der Waals surface area contributed by atoms with Gasteiger partial charge in [-0.1, -0.05) is 6.07 Å². The zero-order valence-electron chi connectivity index (χ0n) is 10.3. The summed E-state index contributed by atoms with van der Waals surface area (Å²) < 4.78 is 5.34. The molecule has 0 aliphatic carbocycles. The van der Waals surface area contributed by atoms with Crippen LogP contribution in [0.15, 0.2) is 23.3 Å². The van der Waals surface area contributed by atoms with Crippen molar-refractivity contribution in [3.05, 3.63) is 23.9 Å². The second kappa shape index (κ2) is 4.28. The summed E-state index contributed by atoms with van der Waals surface area (Å²) in [7, 11) is 0. The van der Waals surface area contributed by atoms with Crippen LogP contribution in [0.2, 0.25) is 0 Å². The van der Waals surface area contributed by atoms with E-state index in [1.807, 2.05) is 32.9 Å². The molecule has 0 saturated carbocycles. The number of carbonyl (C=O) groups is 1. The average Bonchev–Trinajstić information content (AvgIpc) is 2.26. The number of hydrogen-bond acceptors (Lipinski definition) is 4. The van der Waals surface area contributed by atoms with Crippen LogP contribution in [0.3, 0.4) is 0 Å². The average molecular weight is 232 g/mol. The quantitative estimate of drug-likeness (QED) is 0.698. The standard InChI is InChI=1S/C13H16N2O2/c1-13(2,3)17-12(16)10-7-9-5-4-6-14-11(9)15-8-10/h4-6,8,10H,7H2,1-3H3. The second-order valence-corrected chi connectivity index (χ2v) is 5.11. The Hall–Kier alpha value is -1.71. The maximum atomic E-state index is 11.9. The topological polar surface area (TPSA) is 51.5 Å². The number of fused-ring (bicyclic) bond motifs is 1. The largest absolute Gasteiger partial charge is 0.459 e. The molecular weight excluding hydrogens is 216 g/mol. The first-order valence-corrected chi connectivity index (χ1v) is 5.67. The molecule has 1 aromatic rings. The number of nitrogens with zero attached hydrogens (tertiary/aromatic N) is 2. The number of aromatic nitrogens is 1. The lowest BCUT2D eigenvalue weighted by Gasteiger charge is -2.23. The Morgan fingerprint density at radius 3 is 2.94 bits per heavy atom. The molecule has 0 N–H and O–H groups in total. The molecule has 1 aliphatic rings. The lowest BCUT2D eigenvalue weighted by Crippen LogP contribution is -2.31. The number of aliphatic imine (C=N–C) groups is 1. The molecule has 17 heavy (non-hydrogen) atoms. The van der Waals surface area contributed by atoms with Crippen molar-refractivity contribution in [2.75, 3.05) is 0 Å². The van der Waals surface area contributed by atoms with Crippen molar-refractivity contribution >= 4 is 18.0 Å². The van der Waals surface area contributed by atoms with Crippen molar-refractivity contribution in [3.8, 4) is 0 Å². The highest BCUT2D eigenvalue weighted by molar-refractivity contribution is 5.92. The first-order valence-electron chi connectivity index (χ1n) is 5.67. The number of ether oxygens (including phenoxy) is 1. The number of esters is 1. The van der Waals surface area contributed by atoms with Gasteiger partial charge in [0.15, 0.2) is 5.82 Å². The number of pyridine rings is 1. The highest BCUT2D eigenvalue weighted by atomic mass is 16.6. The minimum Gasteiger partial charge on any atom is -0.459 e. The molecule has 4 heteroatoms. The molecule has 2 heterocycles. The number of hydrogen-bond donors (Lipinski definition) is 0. The lowest BCUT2D eigenvalue weighted by molar-refractivity contribution is -0.157. The van der Waals surface area contributed by atoms with Crippen molar-refractivity contribution in [1.29, 1.82) is 0 Å². The minimum absolute atomic E-state index is 0.226. The van der Waals surface area contributed by atoms with Crippen molar-refractivity contribution in [3.63, 3.8) is 0 Å². The zero-order chi connectivity index (χ0) is 12.5. The molecule has 0 spiro atoms. The van der Waals surface area contributed by atoms with E-state index in [9.17, 15) is 4.79 Å². The Labute approximate surface area is 101 Å². The fraction of sp³-hybridized carbons (Fsp3) is 0.462. The smallest absolute Gasteiger partial charge is 0.315 e. The van der Waals surface area contributed by atoms with Crippen molar-refractivity contribution in [2.45, 2.75) is 32.8 Å². The monoisotopic (exact) mass is 232 g/mol. The molecule has 4 nitrogen and oxygen atoms in total. The highest BCUT2D eigenvalue weighted by Crippen LogP contribution is 2.24. The van der Waals surface area contributed by atoms with Gasteiger partial charge in [-0.15, -0.1) is 0 Å². The van der Waals surface area contributed by atoms with E-state index in [4.69, 9.17) is 4.74 Å². The van der Waals surface area contributed by atoms with Crippen LogP contribution < -0.4 is 0 Å². The predicted molar refractivity (Wildman–Crippen MR) is 65.4 cm³/mol. The van der Waals surface area contributed by atoms with Crippen LogP contribution in [-0.2, 0) is 16.0 Å². The van der Waals surface area contributed by atoms with Gasteiger partial charge >= 0.3 is 5.97 Å². The van der Waals surface area contributed by atoms with Crippen molar-refractivity contribution < 1.29 is 9.53 Å². The van der Waals surface area contributed by atoms with Crippen LogP contribution in [0, 0.1) is 5.92 Å². The van der Waals surface area contributed by atoms with Crippen LogP contribution in [-0.4, -0.2) is 22.8 Å². The van der Waals surface area contributed by atoms with E-state index in [-0.39, 0.29) is 11.9 Å². The maximum Gasteiger partial charge on any atom is 0.315 e. The van der Waals surface area contributed by atoms with E-state index in [1.165, 1.54) is 0 Å². The summed E-state index contributed by atoms with van der Waals surface area (Å²) >= 11 is 0. The highest BCUT2D eigenvalue weighted by Gasteiger charge is 2.27. The second-order valence-electron chi connectivity index (χ2n) is 5.11. The van der Waals surface area contributed by atoms with Gasteiger partial charge in [-0.3, -0.25) is 4.79 Å². The third-order valence-corrected chi connectivity index (χ3v) is 2.39. The molecule has 0 radical (unpaired) electrons. The first-order chi connectivity index (χ1) is 7.96. The van der Waals surface area contributed by atoms with Crippen molar-refractivity contribution in [1.82, 2.24) is 4.98 Å². The van der Waals surface area contributed by atoms with Gasteiger partial charge in [-0.2, -0.15) is 0 Å². The third kappa shape index (κ3) is 2.90. The van der Waals surface area contributed by atoms with Gasteiger partial charge in [-0.25, -0.2) is 9.98 Å². The molecule has 1 aliphatic heterocycles. The number of rotatable bonds is 1. The van der Waals surface area contributed by atoms with E-state index in [0.717, 1.165) is 5.56 Å². The first kappa shape index (κ1) is 11.8. The summed E-state index contributed by atoms with van der Waals surface area (Å²) in [6, 6.07) is 3.79. The van der Waals surface area contributed by atoms with Gasteiger partial charge in [0.1, 0.15) is 5.60 Å². The van der Waals surface area contributed by atoms with Gasteiger partial charge in [0.05, 0.1) is 5.92 Å². The van der Waals surface area contributed by atoms with Crippen LogP contribution in [0.25, 0.3) is 0 Å². The summed E-state index contributed by atoms with van der Waals surface area (Å²) in [5, 5.41) is 0. The molecular formula is C13H16N2O2. The van der Waals surface area contributed by atoms with Gasteiger partial charge in [0, 0.05) is 12.4 Å². The third-order valence-electron chi connectivity index (χ3n) is 2.39. The van der Waals surface area contributed by atoms with Crippen LogP contribution in [0.4, 0.5) is 5.82 Å². The normalized spacial score (nSPS) is 18.6. The van der Waals surface area contributed by atoms with E-state index in [0.29, 0.717) is 12.2 Å². The SMILES string of the molecule is CC(C)(C)OC(=O)C1C=Nc2ncccc2C1. The molecule has 0 fully saturated rings. The molecule has 2 rings (SSSR count). The van der Waals surface area contributed by atoms with Crippen LogP contribution >= 0.6 is 0 Å². The van der Waals surface area contributed by atoms with E-state index < -0.39 is 5.60 Å². The summed E-state index contributed by atoms with van der Waals surface area (Å²) in [5.74, 6) is 0.175.